The standard InChI is InChI=1S/C19H17ClN4OS/c20-15-5-7-18(24-12-21-11-22-24)17(9-15)23-19(25)10-26-16-6-4-13-2-1-3-14(13)8-16/h4-9,11-12H,1-3,10H2,(H,23,25). The van der Waals surface area contributed by atoms with Crippen LogP contribution in [-0.2, 0) is 17.6 Å². The lowest BCUT2D eigenvalue weighted by Crippen LogP contribution is -2.16. The number of amides is 1. The highest BCUT2D eigenvalue weighted by molar-refractivity contribution is 8.00. The van der Waals surface area contributed by atoms with Gasteiger partial charge in [0.2, 0.25) is 5.91 Å². The molecule has 1 N–H and O–H groups in total. The molecule has 0 atom stereocenters. The molecule has 1 aromatic heterocycles. The summed E-state index contributed by atoms with van der Waals surface area (Å²) in [5.74, 6) is 0.251. The van der Waals surface area contributed by atoms with E-state index in [1.807, 2.05) is 0 Å². The van der Waals surface area contributed by atoms with Gasteiger partial charge in [-0.25, -0.2) is 9.67 Å². The summed E-state index contributed by atoms with van der Waals surface area (Å²) in [4.78, 5) is 17.5. The predicted molar refractivity (Wildman–Crippen MR) is 104 cm³/mol. The highest BCUT2D eigenvalue weighted by Crippen LogP contribution is 2.28. The summed E-state index contributed by atoms with van der Waals surface area (Å²) >= 11 is 7.63. The van der Waals surface area contributed by atoms with E-state index in [2.05, 4.69) is 33.6 Å². The van der Waals surface area contributed by atoms with Crippen molar-refractivity contribution in [2.24, 2.45) is 0 Å². The maximum absolute atomic E-state index is 12.4. The molecule has 3 aromatic rings. The number of carbonyl (C=O) groups is 1. The zero-order valence-corrected chi connectivity index (χ0v) is 15.6. The van der Waals surface area contributed by atoms with E-state index in [0.29, 0.717) is 16.5 Å². The Hall–Kier alpha value is -2.31. The maximum atomic E-state index is 12.4. The third-order valence-corrected chi connectivity index (χ3v) is 5.57. The number of thioether (sulfide) groups is 1. The lowest BCUT2D eigenvalue weighted by Gasteiger charge is -2.11. The van der Waals surface area contributed by atoms with E-state index in [1.165, 1.54) is 30.3 Å². The van der Waals surface area contributed by atoms with Crippen molar-refractivity contribution in [2.45, 2.75) is 24.2 Å². The van der Waals surface area contributed by atoms with E-state index < -0.39 is 0 Å². The van der Waals surface area contributed by atoms with Crippen molar-refractivity contribution in [3.63, 3.8) is 0 Å². The predicted octanol–water partition coefficient (Wildman–Crippen LogP) is 4.14. The van der Waals surface area contributed by atoms with Crippen molar-refractivity contribution in [3.05, 3.63) is 65.2 Å². The van der Waals surface area contributed by atoms with Gasteiger partial charge in [0, 0.05) is 9.92 Å². The summed E-state index contributed by atoms with van der Waals surface area (Å²) in [6.07, 6.45) is 6.56. The fourth-order valence-corrected chi connectivity index (χ4v) is 4.05. The van der Waals surface area contributed by atoms with Crippen LogP contribution in [0.5, 0.6) is 0 Å². The molecule has 2 aromatic carbocycles. The second kappa shape index (κ2) is 7.51. The Kier molecular flexibility index (Phi) is 4.95. The van der Waals surface area contributed by atoms with Gasteiger partial charge in [0.05, 0.1) is 17.1 Å². The second-order valence-electron chi connectivity index (χ2n) is 6.12. The van der Waals surface area contributed by atoms with Crippen molar-refractivity contribution in [2.75, 3.05) is 11.1 Å². The monoisotopic (exact) mass is 384 g/mol. The number of carbonyl (C=O) groups excluding carboxylic acids is 1. The normalized spacial score (nSPS) is 12.8. The van der Waals surface area contributed by atoms with Gasteiger partial charge in [-0.05, 0) is 60.7 Å². The molecule has 26 heavy (non-hydrogen) atoms. The Labute approximate surface area is 160 Å². The number of anilines is 1. The van der Waals surface area contributed by atoms with Crippen LogP contribution in [0.3, 0.4) is 0 Å². The number of nitrogens with one attached hydrogen (secondary N) is 1. The number of benzene rings is 2. The molecule has 0 bridgehead atoms. The third kappa shape index (κ3) is 3.76. The Bertz CT molecular complexity index is 943. The molecule has 0 aliphatic heterocycles. The molecule has 0 unspecified atom stereocenters. The zero-order valence-electron chi connectivity index (χ0n) is 14.0. The average Bonchev–Trinajstić information content (AvgIpc) is 3.31. The van der Waals surface area contributed by atoms with Gasteiger partial charge in [0.15, 0.2) is 0 Å². The first kappa shape index (κ1) is 17.1. The summed E-state index contributed by atoms with van der Waals surface area (Å²) < 4.78 is 1.60. The molecule has 4 rings (SSSR count). The summed E-state index contributed by atoms with van der Waals surface area (Å²) in [7, 11) is 0. The molecule has 0 saturated carbocycles. The molecule has 7 heteroatoms. The Morgan fingerprint density at radius 3 is 2.92 bits per heavy atom. The fourth-order valence-electron chi connectivity index (χ4n) is 3.11. The van der Waals surface area contributed by atoms with Crippen LogP contribution in [0.15, 0.2) is 53.9 Å². The minimum absolute atomic E-state index is 0.0841. The van der Waals surface area contributed by atoms with Crippen LogP contribution in [-0.4, -0.2) is 26.4 Å². The van der Waals surface area contributed by atoms with Crippen molar-refractivity contribution in [3.8, 4) is 5.69 Å². The highest BCUT2D eigenvalue weighted by atomic mass is 35.5. The number of rotatable bonds is 5. The fraction of sp³-hybridized carbons (Fsp3) is 0.211. The molecule has 5 nitrogen and oxygen atoms in total. The molecule has 0 radical (unpaired) electrons. The highest BCUT2D eigenvalue weighted by Gasteiger charge is 2.13. The van der Waals surface area contributed by atoms with Crippen LogP contribution in [0.25, 0.3) is 5.69 Å². The van der Waals surface area contributed by atoms with E-state index in [4.69, 9.17) is 11.6 Å². The lowest BCUT2D eigenvalue weighted by atomic mass is 10.1. The van der Waals surface area contributed by atoms with Crippen LogP contribution in [0.1, 0.15) is 17.5 Å². The topological polar surface area (TPSA) is 59.8 Å². The number of hydrogen-bond donors (Lipinski definition) is 1. The van der Waals surface area contributed by atoms with Gasteiger partial charge in [-0.1, -0.05) is 17.7 Å². The minimum atomic E-state index is -0.0841. The zero-order chi connectivity index (χ0) is 17.9. The Balaban J connectivity index is 1.44. The largest absolute Gasteiger partial charge is 0.323 e. The first-order chi connectivity index (χ1) is 12.7. The van der Waals surface area contributed by atoms with Crippen LogP contribution in [0.2, 0.25) is 5.02 Å². The second-order valence-corrected chi connectivity index (χ2v) is 7.61. The molecular weight excluding hydrogens is 368 g/mol. The molecule has 0 fully saturated rings. The molecule has 1 heterocycles. The van der Waals surface area contributed by atoms with E-state index in [1.54, 1.807) is 41.0 Å². The van der Waals surface area contributed by atoms with Gasteiger partial charge in [0.1, 0.15) is 12.7 Å². The average molecular weight is 385 g/mol. The number of aromatic nitrogens is 3. The third-order valence-electron chi connectivity index (χ3n) is 4.34. The van der Waals surface area contributed by atoms with Crippen LogP contribution < -0.4 is 5.32 Å². The summed E-state index contributed by atoms with van der Waals surface area (Å²) in [6, 6.07) is 11.8. The SMILES string of the molecule is O=C(CSc1ccc2c(c1)CCC2)Nc1cc(Cl)ccc1-n1cncn1. The maximum Gasteiger partial charge on any atom is 0.234 e. The van der Waals surface area contributed by atoms with Gasteiger partial charge < -0.3 is 5.32 Å². The van der Waals surface area contributed by atoms with Crippen molar-refractivity contribution in [1.82, 2.24) is 14.8 Å². The van der Waals surface area contributed by atoms with Gasteiger partial charge in [-0.2, -0.15) is 5.10 Å². The lowest BCUT2D eigenvalue weighted by molar-refractivity contribution is -0.113. The van der Waals surface area contributed by atoms with Gasteiger partial charge in [0.25, 0.3) is 0 Å². The molecule has 0 saturated heterocycles. The quantitative estimate of drug-likeness (QED) is 0.671. The molecule has 1 amide bonds. The summed E-state index contributed by atoms with van der Waals surface area (Å²) in [5, 5.41) is 7.60. The Morgan fingerprint density at radius 1 is 1.19 bits per heavy atom. The van der Waals surface area contributed by atoms with Crippen LogP contribution in [0, 0.1) is 0 Å². The first-order valence-electron chi connectivity index (χ1n) is 8.38. The summed E-state index contributed by atoms with van der Waals surface area (Å²) in [5.41, 5.74) is 4.19. The molecule has 132 valence electrons. The van der Waals surface area contributed by atoms with Crippen molar-refractivity contribution >= 4 is 35.0 Å². The van der Waals surface area contributed by atoms with Crippen molar-refractivity contribution < 1.29 is 4.79 Å². The van der Waals surface area contributed by atoms with E-state index in [9.17, 15) is 4.79 Å². The number of halogens is 1. The minimum Gasteiger partial charge on any atom is -0.323 e. The summed E-state index contributed by atoms with van der Waals surface area (Å²) in [6.45, 7) is 0. The molecule has 0 spiro atoms. The van der Waals surface area contributed by atoms with Gasteiger partial charge in [-0.15, -0.1) is 11.8 Å². The number of nitrogens with zero attached hydrogens (tertiary/aromatic N) is 3. The molecule has 1 aliphatic rings. The Morgan fingerprint density at radius 2 is 2.08 bits per heavy atom. The smallest absolute Gasteiger partial charge is 0.234 e. The van der Waals surface area contributed by atoms with E-state index in [0.717, 1.165) is 17.0 Å². The van der Waals surface area contributed by atoms with Crippen molar-refractivity contribution in [1.29, 1.82) is 0 Å². The van der Waals surface area contributed by atoms with E-state index >= 15 is 0 Å². The number of aryl methyl sites for hydroxylation is 2. The number of fused-ring (bicyclic) bond motifs is 1. The van der Waals surface area contributed by atoms with Gasteiger partial charge in [-0.3, -0.25) is 4.79 Å². The van der Waals surface area contributed by atoms with E-state index in [-0.39, 0.29) is 5.91 Å². The first-order valence-corrected chi connectivity index (χ1v) is 9.74. The number of hydrogen-bond acceptors (Lipinski definition) is 4. The van der Waals surface area contributed by atoms with Crippen LogP contribution in [0.4, 0.5) is 5.69 Å². The molecule has 1 aliphatic carbocycles. The molecular formula is C19H17ClN4OS. The van der Waals surface area contributed by atoms with Crippen LogP contribution >= 0.6 is 23.4 Å². The van der Waals surface area contributed by atoms with Gasteiger partial charge >= 0.3 is 0 Å².